The van der Waals surface area contributed by atoms with Crippen LogP contribution in [0.4, 0.5) is 0 Å². The number of rotatable bonds is 9. The number of aryl methyl sites for hydroxylation is 1. The number of nitrogens with zero attached hydrogens (tertiary/aromatic N) is 2. The maximum absolute atomic E-state index is 11.6. The fraction of sp³-hybridized carbons (Fsp3) is 0.444. The summed E-state index contributed by atoms with van der Waals surface area (Å²) in [6.45, 7) is 3.87. The Morgan fingerprint density at radius 1 is 1.29 bits per heavy atom. The second-order valence-electron chi connectivity index (χ2n) is 5.55. The predicted molar refractivity (Wildman–Crippen MR) is 95.7 cm³/mol. The molecule has 1 aromatic carbocycles. The molecule has 0 radical (unpaired) electrons. The highest BCUT2D eigenvalue weighted by atomic mass is 32.1. The highest BCUT2D eigenvalue weighted by molar-refractivity contribution is 7.11. The Hall–Kier alpha value is -1.92. The maximum atomic E-state index is 11.6. The zero-order valence-electron chi connectivity index (χ0n) is 14.4. The minimum absolute atomic E-state index is 0.337. The van der Waals surface area contributed by atoms with Gasteiger partial charge in [0.1, 0.15) is 5.75 Å². The molecule has 2 aromatic rings. The van der Waals surface area contributed by atoms with Gasteiger partial charge >= 0.3 is 5.97 Å². The molecule has 0 bridgehead atoms. The summed E-state index contributed by atoms with van der Waals surface area (Å²) in [6, 6.07) is 8.19. The molecule has 130 valence electrons. The number of methoxy groups -OCH3 is 1. The van der Waals surface area contributed by atoms with Crippen LogP contribution in [-0.4, -0.2) is 43.2 Å². The van der Waals surface area contributed by atoms with Crippen molar-refractivity contribution in [2.45, 2.75) is 26.3 Å². The van der Waals surface area contributed by atoms with Crippen LogP contribution in [0.1, 0.15) is 34.4 Å². The van der Waals surface area contributed by atoms with Crippen LogP contribution in [-0.2, 0) is 17.7 Å². The summed E-state index contributed by atoms with van der Waals surface area (Å²) in [5.41, 5.74) is 2.22. The molecular formula is C18H24N2O3S. The molecule has 0 saturated carbocycles. The fourth-order valence-corrected chi connectivity index (χ4v) is 3.07. The van der Waals surface area contributed by atoms with Gasteiger partial charge in [-0.2, -0.15) is 0 Å². The summed E-state index contributed by atoms with van der Waals surface area (Å²) < 4.78 is 10.1. The Kier molecular flexibility index (Phi) is 7.21. The van der Waals surface area contributed by atoms with Crippen molar-refractivity contribution in [2.75, 3.05) is 27.3 Å². The zero-order valence-corrected chi connectivity index (χ0v) is 15.3. The molecule has 0 aliphatic heterocycles. The third-order valence-electron chi connectivity index (χ3n) is 3.60. The summed E-state index contributed by atoms with van der Waals surface area (Å²) in [7, 11) is 3.74. The summed E-state index contributed by atoms with van der Waals surface area (Å²) in [4.78, 5) is 18.2. The standard InChI is InChI=1S/C18H24N2O3S/c1-4-23-18(21)17-19-15(13-24-17)12-20(2)11-5-6-14-7-9-16(22-3)10-8-14/h7-10,13H,4-6,11-12H2,1-3H3. The lowest BCUT2D eigenvalue weighted by Gasteiger charge is -2.15. The first kappa shape index (κ1) is 18.4. The molecule has 1 aromatic heterocycles. The summed E-state index contributed by atoms with van der Waals surface area (Å²) in [5.74, 6) is 0.549. The van der Waals surface area contributed by atoms with Crippen LogP contribution in [0.5, 0.6) is 5.75 Å². The molecule has 0 atom stereocenters. The molecule has 0 fully saturated rings. The summed E-state index contributed by atoms with van der Waals surface area (Å²) in [6.07, 6.45) is 2.09. The van der Waals surface area contributed by atoms with Crippen molar-refractivity contribution >= 4 is 17.3 Å². The van der Waals surface area contributed by atoms with E-state index in [4.69, 9.17) is 9.47 Å². The van der Waals surface area contributed by atoms with Crippen molar-refractivity contribution < 1.29 is 14.3 Å². The van der Waals surface area contributed by atoms with Gasteiger partial charge in [-0.05, 0) is 51.1 Å². The Morgan fingerprint density at radius 3 is 2.71 bits per heavy atom. The normalized spacial score (nSPS) is 10.8. The van der Waals surface area contributed by atoms with Gasteiger partial charge in [0.05, 0.1) is 19.4 Å². The van der Waals surface area contributed by atoms with Crippen LogP contribution >= 0.6 is 11.3 Å². The first-order valence-electron chi connectivity index (χ1n) is 8.05. The molecule has 6 heteroatoms. The number of carbonyl (C=O) groups is 1. The van der Waals surface area contributed by atoms with Crippen LogP contribution in [0.3, 0.4) is 0 Å². The lowest BCUT2D eigenvalue weighted by atomic mass is 10.1. The van der Waals surface area contributed by atoms with E-state index in [-0.39, 0.29) is 5.97 Å². The number of aromatic nitrogens is 1. The van der Waals surface area contributed by atoms with E-state index in [1.807, 2.05) is 17.5 Å². The van der Waals surface area contributed by atoms with E-state index in [0.717, 1.165) is 37.4 Å². The van der Waals surface area contributed by atoms with E-state index in [2.05, 4.69) is 29.1 Å². The van der Waals surface area contributed by atoms with Crippen LogP contribution in [0.15, 0.2) is 29.6 Å². The van der Waals surface area contributed by atoms with Crippen LogP contribution in [0.25, 0.3) is 0 Å². The molecular weight excluding hydrogens is 324 g/mol. The number of esters is 1. The van der Waals surface area contributed by atoms with E-state index < -0.39 is 0 Å². The monoisotopic (exact) mass is 348 g/mol. The first-order valence-corrected chi connectivity index (χ1v) is 8.93. The Labute approximate surface area is 147 Å². The van der Waals surface area contributed by atoms with E-state index in [9.17, 15) is 4.79 Å². The van der Waals surface area contributed by atoms with E-state index in [1.54, 1.807) is 14.0 Å². The molecule has 5 nitrogen and oxygen atoms in total. The minimum Gasteiger partial charge on any atom is -0.497 e. The quantitative estimate of drug-likeness (QED) is 0.650. The molecule has 0 unspecified atom stereocenters. The summed E-state index contributed by atoms with van der Waals surface area (Å²) >= 11 is 1.34. The van der Waals surface area contributed by atoms with Gasteiger partial charge in [0.2, 0.25) is 5.01 Å². The van der Waals surface area contributed by atoms with Crippen LogP contribution in [0, 0.1) is 0 Å². The molecule has 0 spiro atoms. The molecule has 24 heavy (non-hydrogen) atoms. The maximum Gasteiger partial charge on any atom is 0.367 e. The second-order valence-corrected chi connectivity index (χ2v) is 6.41. The van der Waals surface area contributed by atoms with Crippen molar-refractivity contribution in [2.24, 2.45) is 0 Å². The topological polar surface area (TPSA) is 51.7 Å². The molecule has 0 aliphatic carbocycles. The lowest BCUT2D eigenvalue weighted by molar-refractivity contribution is 0.0525. The van der Waals surface area contributed by atoms with Crippen LogP contribution in [0.2, 0.25) is 0 Å². The van der Waals surface area contributed by atoms with E-state index in [1.165, 1.54) is 16.9 Å². The minimum atomic E-state index is -0.337. The highest BCUT2D eigenvalue weighted by Crippen LogP contribution is 2.14. The predicted octanol–water partition coefficient (Wildman–Crippen LogP) is 3.39. The Balaban J connectivity index is 1.74. The zero-order chi connectivity index (χ0) is 17.4. The number of carbonyl (C=O) groups excluding carboxylic acids is 1. The van der Waals surface area contributed by atoms with Crippen molar-refractivity contribution in [3.05, 3.63) is 45.9 Å². The lowest BCUT2D eigenvalue weighted by Crippen LogP contribution is -2.20. The number of thiazole rings is 1. The number of ether oxygens (including phenoxy) is 2. The average molecular weight is 348 g/mol. The van der Waals surface area contributed by atoms with Gasteiger partial charge in [-0.3, -0.25) is 0 Å². The van der Waals surface area contributed by atoms with Gasteiger partial charge in [0.25, 0.3) is 0 Å². The number of hydrogen-bond acceptors (Lipinski definition) is 6. The third-order valence-corrected chi connectivity index (χ3v) is 4.47. The van der Waals surface area contributed by atoms with Crippen molar-refractivity contribution in [3.63, 3.8) is 0 Å². The molecule has 0 saturated heterocycles. The fourth-order valence-electron chi connectivity index (χ4n) is 2.37. The van der Waals surface area contributed by atoms with Gasteiger partial charge in [0, 0.05) is 11.9 Å². The largest absolute Gasteiger partial charge is 0.497 e. The number of benzene rings is 1. The molecule has 2 rings (SSSR count). The van der Waals surface area contributed by atoms with Gasteiger partial charge in [-0.15, -0.1) is 11.3 Å². The molecule has 1 heterocycles. The third kappa shape index (κ3) is 5.62. The highest BCUT2D eigenvalue weighted by Gasteiger charge is 2.12. The molecule has 0 aliphatic rings. The van der Waals surface area contributed by atoms with Gasteiger partial charge in [0.15, 0.2) is 0 Å². The Morgan fingerprint density at radius 2 is 2.04 bits per heavy atom. The molecule has 0 N–H and O–H groups in total. The van der Waals surface area contributed by atoms with Crippen LogP contribution < -0.4 is 4.74 Å². The van der Waals surface area contributed by atoms with Crippen molar-refractivity contribution in [3.8, 4) is 5.75 Å². The van der Waals surface area contributed by atoms with Crippen molar-refractivity contribution in [1.29, 1.82) is 0 Å². The smallest absolute Gasteiger partial charge is 0.367 e. The second kappa shape index (κ2) is 9.39. The Bertz CT molecular complexity index is 640. The van der Waals surface area contributed by atoms with Gasteiger partial charge < -0.3 is 14.4 Å². The average Bonchev–Trinajstić information content (AvgIpc) is 3.04. The SMILES string of the molecule is CCOC(=O)c1nc(CN(C)CCCc2ccc(OC)cc2)cs1. The van der Waals surface area contributed by atoms with Crippen molar-refractivity contribution in [1.82, 2.24) is 9.88 Å². The van der Waals surface area contributed by atoms with Gasteiger partial charge in [-0.25, -0.2) is 9.78 Å². The van der Waals surface area contributed by atoms with Gasteiger partial charge in [-0.1, -0.05) is 12.1 Å². The first-order chi connectivity index (χ1) is 11.6. The van der Waals surface area contributed by atoms with E-state index >= 15 is 0 Å². The number of hydrogen-bond donors (Lipinski definition) is 0. The molecule has 0 amide bonds. The summed E-state index contributed by atoms with van der Waals surface area (Å²) in [5, 5.41) is 2.35. The van der Waals surface area contributed by atoms with E-state index in [0.29, 0.717) is 11.6 Å².